The van der Waals surface area contributed by atoms with Crippen molar-refractivity contribution in [3.8, 4) is 0 Å². The lowest BCUT2D eigenvalue weighted by atomic mass is 10.0. The van der Waals surface area contributed by atoms with Gasteiger partial charge in [0.2, 0.25) is 0 Å². The Labute approximate surface area is 218 Å². The van der Waals surface area contributed by atoms with Crippen LogP contribution in [0.2, 0.25) is 10.0 Å². The van der Waals surface area contributed by atoms with Crippen molar-refractivity contribution in [1.82, 2.24) is 10.2 Å². The van der Waals surface area contributed by atoms with Crippen LogP contribution in [-0.2, 0) is 22.6 Å². The van der Waals surface area contributed by atoms with Gasteiger partial charge in [0.1, 0.15) is 0 Å². The Morgan fingerprint density at radius 2 is 1.80 bits per heavy atom. The first kappa shape index (κ1) is 25.7. The molecule has 1 fully saturated rings. The quantitative estimate of drug-likeness (QED) is 0.402. The molecule has 0 spiro atoms. The SMILES string of the molecule is O=C(NCc1ccc(Cc2ccccc2Cl)s1)C(O)[C@@H](O)C(=O)N1CCC[C@@H]1c1cccc(Cl)c1. The van der Waals surface area contributed by atoms with Crippen LogP contribution in [0, 0.1) is 0 Å². The van der Waals surface area contributed by atoms with Crippen LogP contribution in [0.25, 0.3) is 0 Å². The summed E-state index contributed by atoms with van der Waals surface area (Å²) in [4.78, 5) is 28.9. The number of halogens is 2. The van der Waals surface area contributed by atoms with Crippen LogP contribution >= 0.6 is 34.5 Å². The van der Waals surface area contributed by atoms with Crippen molar-refractivity contribution in [3.05, 3.63) is 91.6 Å². The van der Waals surface area contributed by atoms with Crippen LogP contribution in [-0.4, -0.2) is 45.7 Å². The summed E-state index contributed by atoms with van der Waals surface area (Å²) in [6.07, 6.45) is -1.57. The Kier molecular flexibility index (Phi) is 8.46. The van der Waals surface area contributed by atoms with Gasteiger partial charge in [-0.25, -0.2) is 0 Å². The zero-order valence-corrected chi connectivity index (χ0v) is 21.2. The van der Waals surface area contributed by atoms with Gasteiger partial charge in [-0.3, -0.25) is 9.59 Å². The van der Waals surface area contributed by atoms with E-state index in [9.17, 15) is 19.8 Å². The van der Waals surface area contributed by atoms with E-state index in [4.69, 9.17) is 23.2 Å². The fourth-order valence-electron chi connectivity index (χ4n) is 4.26. The molecule has 1 aliphatic heterocycles. The largest absolute Gasteiger partial charge is 0.380 e. The van der Waals surface area contributed by atoms with Gasteiger partial charge in [0.25, 0.3) is 11.8 Å². The van der Waals surface area contributed by atoms with E-state index < -0.39 is 24.0 Å². The number of hydrogen-bond acceptors (Lipinski definition) is 5. The molecular weight excluding hydrogens is 507 g/mol. The molecule has 1 unspecified atom stereocenters. The lowest BCUT2D eigenvalue weighted by Crippen LogP contribution is -2.50. The highest BCUT2D eigenvalue weighted by Crippen LogP contribution is 2.33. The van der Waals surface area contributed by atoms with Gasteiger partial charge in [-0.1, -0.05) is 53.5 Å². The Morgan fingerprint density at radius 3 is 2.57 bits per heavy atom. The summed E-state index contributed by atoms with van der Waals surface area (Å²) in [5.41, 5.74) is 1.88. The van der Waals surface area contributed by atoms with Crippen LogP contribution < -0.4 is 5.32 Å². The summed E-state index contributed by atoms with van der Waals surface area (Å²) in [5, 5.41) is 24.7. The predicted molar refractivity (Wildman–Crippen MR) is 138 cm³/mol. The Hall–Kier alpha value is -2.42. The molecule has 2 heterocycles. The molecule has 0 radical (unpaired) electrons. The van der Waals surface area contributed by atoms with Gasteiger partial charge in [0, 0.05) is 32.8 Å². The maximum absolute atomic E-state index is 12.9. The minimum absolute atomic E-state index is 0.179. The number of aliphatic hydroxyl groups excluding tert-OH is 2. The third-order valence-corrected chi connectivity index (χ3v) is 7.76. The number of hydrogen-bond donors (Lipinski definition) is 3. The molecule has 1 aliphatic rings. The highest BCUT2D eigenvalue weighted by atomic mass is 35.5. The van der Waals surface area contributed by atoms with Gasteiger partial charge in [-0.15, -0.1) is 11.3 Å². The summed E-state index contributed by atoms with van der Waals surface area (Å²) in [6.45, 7) is 0.615. The molecule has 3 aromatic rings. The van der Waals surface area contributed by atoms with Crippen molar-refractivity contribution in [2.24, 2.45) is 0 Å². The molecule has 0 bridgehead atoms. The predicted octanol–water partition coefficient (Wildman–Crippen LogP) is 4.35. The fraction of sp³-hybridized carbons (Fsp3) is 0.308. The van der Waals surface area contributed by atoms with E-state index in [0.717, 1.165) is 33.7 Å². The summed E-state index contributed by atoms with van der Waals surface area (Å²) in [7, 11) is 0. The molecule has 0 aliphatic carbocycles. The van der Waals surface area contributed by atoms with Crippen LogP contribution in [0.15, 0.2) is 60.7 Å². The lowest BCUT2D eigenvalue weighted by molar-refractivity contribution is -0.153. The molecule has 6 nitrogen and oxygen atoms in total. The van der Waals surface area contributed by atoms with Gasteiger partial charge in [-0.2, -0.15) is 0 Å². The van der Waals surface area contributed by atoms with Gasteiger partial charge in [0.05, 0.1) is 12.6 Å². The topological polar surface area (TPSA) is 89.9 Å². The summed E-state index contributed by atoms with van der Waals surface area (Å²) >= 11 is 13.8. The average molecular weight is 533 g/mol. The molecule has 4 rings (SSSR count). The molecule has 35 heavy (non-hydrogen) atoms. The van der Waals surface area contributed by atoms with Gasteiger partial charge >= 0.3 is 0 Å². The highest BCUT2D eigenvalue weighted by Gasteiger charge is 2.38. The number of aliphatic hydroxyl groups is 2. The van der Waals surface area contributed by atoms with Crippen molar-refractivity contribution < 1.29 is 19.8 Å². The van der Waals surface area contributed by atoms with Gasteiger partial charge in [-0.05, 0) is 54.3 Å². The first-order valence-corrected chi connectivity index (χ1v) is 12.9. The van der Waals surface area contributed by atoms with Crippen LogP contribution in [0.1, 0.15) is 39.8 Å². The van der Waals surface area contributed by atoms with E-state index in [0.29, 0.717) is 23.0 Å². The van der Waals surface area contributed by atoms with E-state index >= 15 is 0 Å². The first-order chi connectivity index (χ1) is 16.8. The second kappa shape index (κ2) is 11.5. The number of nitrogens with one attached hydrogen (secondary N) is 1. The smallest absolute Gasteiger partial charge is 0.255 e. The monoisotopic (exact) mass is 532 g/mol. The van der Waals surface area contributed by atoms with Gasteiger partial charge < -0.3 is 20.4 Å². The number of nitrogens with zero attached hydrogens (tertiary/aromatic N) is 1. The molecule has 2 amide bonds. The average Bonchev–Trinajstić information content (AvgIpc) is 3.52. The summed E-state index contributed by atoms with van der Waals surface area (Å²) in [6, 6.07) is 18.5. The lowest BCUT2D eigenvalue weighted by Gasteiger charge is -2.28. The molecular formula is C26H26Cl2N2O4S. The van der Waals surface area contributed by atoms with E-state index in [1.165, 1.54) is 16.2 Å². The molecule has 0 saturated carbocycles. The number of likely N-dealkylation sites (tertiary alicyclic amines) is 1. The Balaban J connectivity index is 1.32. The molecule has 184 valence electrons. The molecule has 3 N–H and O–H groups in total. The zero-order chi connectivity index (χ0) is 24.9. The number of thiophene rings is 1. The molecule has 3 atom stereocenters. The second-order valence-corrected chi connectivity index (χ2v) is 10.6. The second-order valence-electron chi connectivity index (χ2n) is 8.49. The summed E-state index contributed by atoms with van der Waals surface area (Å²) in [5.74, 6) is -1.47. The third-order valence-electron chi connectivity index (χ3n) is 6.07. The van der Waals surface area contributed by atoms with Crippen molar-refractivity contribution >= 4 is 46.4 Å². The Bertz CT molecular complexity index is 1200. The standard InChI is InChI=1S/C26H26Cl2N2O4S/c27-18-7-3-6-17(13-18)22-9-4-12-30(22)26(34)24(32)23(31)25(33)29-15-20-11-10-19(35-20)14-16-5-1-2-8-21(16)28/h1-3,5-8,10-11,13,22-24,31-32H,4,9,12,14-15H2,(H,29,33)/t22-,23?,24-/m1/s1. The fourth-order valence-corrected chi connectivity index (χ4v) is 5.64. The van der Waals surface area contributed by atoms with Crippen LogP contribution in [0.5, 0.6) is 0 Å². The van der Waals surface area contributed by atoms with Crippen molar-refractivity contribution in [3.63, 3.8) is 0 Å². The number of benzene rings is 2. The van der Waals surface area contributed by atoms with E-state index in [1.807, 2.05) is 48.5 Å². The number of carbonyl (C=O) groups is 2. The first-order valence-electron chi connectivity index (χ1n) is 11.3. The van der Waals surface area contributed by atoms with Crippen molar-refractivity contribution in [2.75, 3.05) is 6.54 Å². The van der Waals surface area contributed by atoms with Crippen molar-refractivity contribution in [1.29, 1.82) is 0 Å². The minimum atomic E-state index is -1.87. The summed E-state index contributed by atoms with van der Waals surface area (Å²) < 4.78 is 0. The highest BCUT2D eigenvalue weighted by molar-refractivity contribution is 7.12. The van der Waals surface area contributed by atoms with E-state index in [2.05, 4.69) is 5.32 Å². The third kappa shape index (κ3) is 6.23. The number of rotatable bonds is 8. The minimum Gasteiger partial charge on any atom is -0.380 e. The normalized spacial score (nSPS) is 17.3. The van der Waals surface area contributed by atoms with Crippen molar-refractivity contribution in [2.45, 2.75) is 44.1 Å². The Morgan fingerprint density at radius 1 is 1.03 bits per heavy atom. The van der Waals surface area contributed by atoms with Gasteiger partial charge in [0.15, 0.2) is 12.2 Å². The molecule has 9 heteroatoms. The maximum Gasteiger partial charge on any atom is 0.255 e. The maximum atomic E-state index is 12.9. The molecule has 2 aromatic carbocycles. The van der Waals surface area contributed by atoms with E-state index in [-0.39, 0.29) is 12.6 Å². The molecule has 1 aromatic heterocycles. The van der Waals surface area contributed by atoms with E-state index in [1.54, 1.807) is 12.1 Å². The molecule has 1 saturated heterocycles. The number of carbonyl (C=O) groups excluding carboxylic acids is 2. The van der Waals surface area contributed by atoms with Crippen LogP contribution in [0.4, 0.5) is 0 Å². The van der Waals surface area contributed by atoms with Crippen LogP contribution in [0.3, 0.4) is 0 Å². The number of amides is 2. The zero-order valence-electron chi connectivity index (χ0n) is 18.9.